The number of benzene rings is 1. The highest BCUT2D eigenvalue weighted by molar-refractivity contribution is 5.68. The van der Waals surface area contributed by atoms with Gasteiger partial charge in [0.1, 0.15) is 0 Å². The molecule has 0 bridgehead atoms. The van der Waals surface area contributed by atoms with E-state index in [-0.39, 0.29) is 6.10 Å². The molecular weight excluding hydrogens is 236 g/mol. The summed E-state index contributed by atoms with van der Waals surface area (Å²) in [7, 11) is 0. The molecule has 3 rings (SSSR count). The van der Waals surface area contributed by atoms with Crippen LogP contribution in [0.3, 0.4) is 0 Å². The lowest BCUT2D eigenvalue weighted by molar-refractivity contribution is 0.0384. The zero-order chi connectivity index (χ0) is 13.1. The molecule has 1 aliphatic rings. The number of pyridine rings is 1. The molecule has 0 saturated heterocycles. The van der Waals surface area contributed by atoms with E-state index >= 15 is 0 Å². The Labute approximate surface area is 113 Å². The molecule has 0 saturated carbocycles. The van der Waals surface area contributed by atoms with Crippen LogP contribution in [0.2, 0.25) is 0 Å². The van der Waals surface area contributed by atoms with Crippen molar-refractivity contribution in [3.8, 4) is 11.1 Å². The van der Waals surface area contributed by atoms with Crippen LogP contribution in [0, 0.1) is 0 Å². The summed E-state index contributed by atoms with van der Waals surface area (Å²) in [6, 6.07) is 10.6. The van der Waals surface area contributed by atoms with Crippen LogP contribution in [0.5, 0.6) is 0 Å². The van der Waals surface area contributed by atoms with Crippen LogP contribution in [-0.4, -0.2) is 18.1 Å². The normalized spacial score (nSPS) is 18.1. The van der Waals surface area contributed by atoms with E-state index < -0.39 is 0 Å². The van der Waals surface area contributed by atoms with Crippen LogP contribution < -0.4 is 5.73 Å². The first-order chi connectivity index (χ1) is 9.40. The summed E-state index contributed by atoms with van der Waals surface area (Å²) in [6.07, 6.45) is 5.67. The lowest BCUT2D eigenvalue weighted by Gasteiger charge is -2.27. The van der Waals surface area contributed by atoms with Crippen LogP contribution in [0.25, 0.3) is 11.1 Å². The number of fused-ring (bicyclic) bond motifs is 1. The maximum absolute atomic E-state index is 5.84. The van der Waals surface area contributed by atoms with E-state index in [9.17, 15) is 0 Å². The van der Waals surface area contributed by atoms with Gasteiger partial charge < -0.3 is 10.5 Å². The van der Waals surface area contributed by atoms with Gasteiger partial charge in [-0.15, -0.1) is 0 Å². The first-order valence-electron chi connectivity index (χ1n) is 6.74. The summed E-state index contributed by atoms with van der Waals surface area (Å²) in [6.45, 7) is 1.43. The van der Waals surface area contributed by atoms with E-state index in [0.29, 0.717) is 6.54 Å². The van der Waals surface area contributed by atoms with E-state index in [4.69, 9.17) is 10.5 Å². The summed E-state index contributed by atoms with van der Waals surface area (Å²) in [5.41, 5.74) is 10.9. The van der Waals surface area contributed by atoms with Gasteiger partial charge in [0, 0.05) is 12.4 Å². The average Bonchev–Trinajstić information content (AvgIpc) is 2.48. The minimum absolute atomic E-state index is 0.149. The third-order valence-electron chi connectivity index (χ3n) is 3.65. The van der Waals surface area contributed by atoms with Gasteiger partial charge in [-0.1, -0.05) is 18.2 Å². The molecule has 1 atom stereocenters. The summed E-state index contributed by atoms with van der Waals surface area (Å²) in [4.78, 5) is 4.09. The Kier molecular flexibility index (Phi) is 3.58. The summed E-state index contributed by atoms with van der Waals surface area (Å²) < 4.78 is 5.84. The highest BCUT2D eigenvalue weighted by atomic mass is 16.5. The van der Waals surface area contributed by atoms with E-state index in [1.165, 1.54) is 22.3 Å². The molecule has 0 amide bonds. The molecule has 19 heavy (non-hydrogen) atoms. The van der Waals surface area contributed by atoms with Gasteiger partial charge >= 0.3 is 0 Å². The molecule has 1 aliphatic heterocycles. The van der Waals surface area contributed by atoms with E-state index in [1.54, 1.807) is 0 Å². The largest absolute Gasteiger partial charge is 0.373 e. The van der Waals surface area contributed by atoms with Crippen molar-refractivity contribution in [3.05, 3.63) is 53.9 Å². The highest BCUT2D eigenvalue weighted by Crippen LogP contribution is 2.35. The maximum Gasteiger partial charge on any atom is 0.0840 e. The molecule has 0 radical (unpaired) electrons. The molecule has 0 aliphatic carbocycles. The Morgan fingerprint density at radius 2 is 2.05 bits per heavy atom. The Morgan fingerprint density at radius 3 is 2.84 bits per heavy atom. The molecule has 3 heteroatoms. The molecular formula is C16H18N2O. The third-order valence-corrected chi connectivity index (χ3v) is 3.65. The number of hydrogen-bond acceptors (Lipinski definition) is 3. The van der Waals surface area contributed by atoms with E-state index in [0.717, 1.165) is 19.4 Å². The van der Waals surface area contributed by atoms with Gasteiger partial charge in [0.2, 0.25) is 0 Å². The van der Waals surface area contributed by atoms with E-state index in [1.807, 2.05) is 12.4 Å². The lowest BCUT2D eigenvalue weighted by Crippen LogP contribution is -2.19. The minimum Gasteiger partial charge on any atom is -0.373 e. The maximum atomic E-state index is 5.84. The summed E-state index contributed by atoms with van der Waals surface area (Å²) in [5, 5.41) is 0. The standard InChI is InChI=1S/C16H18N2O/c17-8-4-16-15-3-1-2-13(14(15)7-11-19-16)12-5-9-18-10-6-12/h1-3,5-6,9-10,16H,4,7-8,11,17H2/t16-/m0/s1. The molecule has 2 heterocycles. The molecule has 2 N–H and O–H groups in total. The second-order valence-corrected chi connectivity index (χ2v) is 4.80. The third kappa shape index (κ3) is 2.39. The Balaban J connectivity index is 2.06. The van der Waals surface area contributed by atoms with Gasteiger partial charge in [-0.2, -0.15) is 0 Å². The summed E-state index contributed by atoms with van der Waals surface area (Å²) >= 11 is 0. The first-order valence-corrected chi connectivity index (χ1v) is 6.74. The molecule has 1 aromatic carbocycles. The van der Waals surface area contributed by atoms with Crippen LogP contribution in [0.4, 0.5) is 0 Å². The van der Waals surface area contributed by atoms with Crippen molar-refractivity contribution < 1.29 is 4.74 Å². The van der Waals surface area contributed by atoms with Crippen molar-refractivity contribution in [3.63, 3.8) is 0 Å². The number of aromatic nitrogens is 1. The number of nitrogens with two attached hydrogens (primary N) is 1. The average molecular weight is 254 g/mol. The fourth-order valence-corrected chi connectivity index (χ4v) is 2.77. The second kappa shape index (κ2) is 5.51. The van der Waals surface area contributed by atoms with Gasteiger partial charge in [-0.3, -0.25) is 4.98 Å². The number of rotatable bonds is 3. The SMILES string of the molecule is NCC[C@@H]1OCCc2c(-c3ccncc3)cccc21. The van der Waals surface area contributed by atoms with Crippen LogP contribution in [0.15, 0.2) is 42.7 Å². The summed E-state index contributed by atoms with van der Waals surface area (Å²) in [5.74, 6) is 0. The van der Waals surface area contributed by atoms with Gasteiger partial charge in [-0.05, 0) is 53.8 Å². The fourth-order valence-electron chi connectivity index (χ4n) is 2.77. The Morgan fingerprint density at radius 1 is 1.21 bits per heavy atom. The monoisotopic (exact) mass is 254 g/mol. The molecule has 0 fully saturated rings. The number of hydrogen-bond donors (Lipinski definition) is 1. The van der Waals surface area contributed by atoms with Crippen molar-refractivity contribution >= 4 is 0 Å². The molecule has 0 spiro atoms. The van der Waals surface area contributed by atoms with E-state index in [2.05, 4.69) is 35.3 Å². The van der Waals surface area contributed by atoms with Gasteiger partial charge in [0.15, 0.2) is 0 Å². The zero-order valence-electron chi connectivity index (χ0n) is 10.9. The lowest BCUT2D eigenvalue weighted by atomic mass is 9.89. The molecule has 3 nitrogen and oxygen atoms in total. The first kappa shape index (κ1) is 12.3. The van der Waals surface area contributed by atoms with Crippen molar-refractivity contribution in [2.24, 2.45) is 5.73 Å². The van der Waals surface area contributed by atoms with Crippen molar-refractivity contribution in [1.82, 2.24) is 4.98 Å². The molecule has 98 valence electrons. The van der Waals surface area contributed by atoms with Crippen LogP contribution in [0.1, 0.15) is 23.7 Å². The fraction of sp³-hybridized carbons (Fsp3) is 0.312. The second-order valence-electron chi connectivity index (χ2n) is 4.80. The van der Waals surface area contributed by atoms with Crippen molar-refractivity contribution in [1.29, 1.82) is 0 Å². The highest BCUT2D eigenvalue weighted by Gasteiger charge is 2.22. The smallest absolute Gasteiger partial charge is 0.0840 e. The van der Waals surface area contributed by atoms with Gasteiger partial charge in [0.25, 0.3) is 0 Å². The topological polar surface area (TPSA) is 48.1 Å². The molecule has 0 unspecified atom stereocenters. The number of ether oxygens (including phenoxy) is 1. The molecule has 1 aromatic heterocycles. The number of nitrogens with zero attached hydrogens (tertiary/aromatic N) is 1. The quantitative estimate of drug-likeness (QED) is 0.916. The molecule has 2 aromatic rings. The Bertz CT molecular complexity index is 554. The van der Waals surface area contributed by atoms with Gasteiger partial charge in [0.05, 0.1) is 12.7 Å². The van der Waals surface area contributed by atoms with Crippen molar-refractivity contribution in [2.45, 2.75) is 18.9 Å². The predicted molar refractivity (Wildman–Crippen MR) is 75.7 cm³/mol. The van der Waals surface area contributed by atoms with Crippen LogP contribution in [-0.2, 0) is 11.2 Å². The minimum atomic E-state index is 0.149. The van der Waals surface area contributed by atoms with Crippen LogP contribution >= 0.6 is 0 Å². The predicted octanol–water partition coefficient (Wildman–Crippen LogP) is 2.71. The van der Waals surface area contributed by atoms with Gasteiger partial charge in [-0.25, -0.2) is 0 Å². The Hall–Kier alpha value is -1.71. The van der Waals surface area contributed by atoms with Crippen molar-refractivity contribution in [2.75, 3.05) is 13.2 Å². The zero-order valence-corrected chi connectivity index (χ0v) is 10.9.